The molecule has 3 aromatic rings. The Morgan fingerprint density at radius 3 is 2.64 bits per heavy atom. The van der Waals surface area contributed by atoms with E-state index < -0.39 is 17.6 Å². The summed E-state index contributed by atoms with van der Waals surface area (Å²) in [7, 11) is 0. The number of rotatable bonds is 6. The Bertz CT molecular complexity index is 1130. The van der Waals surface area contributed by atoms with Crippen LogP contribution in [0.15, 0.2) is 67.0 Å². The number of hydrogen-bond donors (Lipinski definition) is 1. The highest BCUT2D eigenvalue weighted by Gasteiger charge is 2.33. The summed E-state index contributed by atoms with van der Waals surface area (Å²) in [6.45, 7) is 1.11. The molecule has 1 unspecified atom stereocenters. The lowest BCUT2D eigenvalue weighted by atomic mass is 10.0. The first-order valence-electron chi connectivity index (χ1n) is 10.6. The smallest absolute Gasteiger partial charge is 0.352 e. The van der Waals surface area contributed by atoms with Crippen LogP contribution in [0.3, 0.4) is 0 Å². The summed E-state index contributed by atoms with van der Waals surface area (Å²) in [5.74, 6) is -0.567. The van der Waals surface area contributed by atoms with Gasteiger partial charge in [-0.3, -0.25) is 14.6 Å². The Balaban J connectivity index is 1.37. The zero-order chi connectivity index (χ0) is 23.4. The summed E-state index contributed by atoms with van der Waals surface area (Å²) in [4.78, 5) is 31.5. The van der Waals surface area contributed by atoms with E-state index in [1.165, 1.54) is 12.1 Å². The van der Waals surface area contributed by atoms with Gasteiger partial charge in [-0.1, -0.05) is 18.2 Å². The highest BCUT2D eigenvalue weighted by atomic mass is 19.4. The molecular weight excluding hydrogens is 433 g/mol. The van der Waals surface area contributed by atoms with Gasteiger partial charge >= 0.3 is 6.18 Å². The summed E-state index contributed by atoms with van der Waals surface area (Å²) < 4.78 is 40.6. The van der Waals surface area contributed by atoms with E-state index in [9.17, 15) is 22.8 Å². The van der Waals surface area contributed by atoms with Crippen LogP contribution in [0.5, 0.6) is 0 Å². The molecule has 0 bridgehead atoms. The molecule has 4 rings (SSSR count). The number of hydrogen-bond acceptors (Lipinski definition) is 3. The van der Waals surface area contributed by atoms with Gasteiger partial charge in [0.15, 0.2) is 0 Å². The van der Waals surface area contributed by atoms with E-state index in [2.05, 4.69) is 14.9 Å². The number of benzene rings is 1. The number of nitrogens with zero attached hydrogens (tertiary/aromatic N) is 3. The van der Waals surface area contributed by atoms with Crippen molar-refractivity contribution in [3.8, 4) is 0 Å². The average molecular weight is 456 g/mol. The van der Waals surface area contributed by atoms with Crippen molar-refractivity contribution >= 4 is 11.8 Å². The summed E-state index contributed by atoms with van der Waals surface area (Å²) in [6, 6.07) is 13.9. The SMILES string of the molecule is O=C(CCC(=O)N1CCn2cccc2C1c1ccccn1)NCc1cccc(C(F)(F)F)c1. The minimum Gasteiger partial charge on any atom is -0.352 e. The van der Waals surface area contributed by atoms with Gasteiger partial charge in [-0.2, -0.15) is 13.2 Å². The molecule has 2 aromatic heterocycles. The van der Waals surface area contributed by atoms with Crippen molar-refractivity contribution in [1.82, 2.24) is 19.8 Å². The van der Waals surface area contributed by atoms with E-state index in [0.29, 0.717) is 18.7 Å². The van der Waals surface area contributed by atoms with Crippen LogP contribution >= 0.6 is 0 Å². The number of amides is 2. The second kappa shape index (κ2) is 9.48. The standard InChI is InChI=1S/C24H23F3N4O2/c25-24(26,27)18-6-3-5-17(15-18)16-29-21(32)9-10-22(33)31-14-13-30-12-4-8-20(30)23(31)19-7-1-2-11-28-19/h1-8,11-12,15,23H,9-10,13-14,16H2,(H,29,32). The Kier molecular flexibility index (Phi) is 6.48. The second-order valence-corrected chi connectivity index (χ2v) is 7.85. The molecule has 1 N–H and O–H groups in total. The molecule has 0 fully saturated rings. The van der Waals surface area contributed by atoms with Crippen molar-refractivity contribution in [3.63, 3.8) is 0 Å². The van der Waals surface area contributed by atoms with Crippen LogP contribution < -0.4 is 5.32 Å². The molecule has 1 aliphatic heterocycles. The van der Waals surface area contributed by atoms with E-state index in [1.54, 1.807) is 11.1 Å². The first-order chi connectivity index (χ1) is 15.8. The van der Waals surface area contributed by atoms with Crippen LogP contribution in [0.2, 0.25) is 0 Å². The fourth-order valence-corrected chi connectivity index (χ4v) is 4.01. The van der Waals surface area contributed by atoms with Gasteiger partial charge in [-0.05, 0) is 42.0 Å². The molecule has 0 radical (unpaired) electrons. The summed E-state index contributed by atoms with van der Waals surface area (Å²) in [5, 5.41) is 2.60. The van der Waals surface area contributed by atoms with Crippen molar-refractivity contribution in [1.29, 1.82) is 0 Å². The maximum atomic E-state index is 13.0. The Morgan fingerprint density at radius 2 is 1.88 bits per heavy atom. The predicted octanol–water partition coefficient (Wildman–Crippen LogP) is 3.93. The number of nitrogens with one attached hydrogen (secondary N) is 1. The third kappa shape index (κ3) is 5.24. The number of carbonyl (C=O) groups is 2. The van der Waals surface area contributed by atoms with Crippen LogP contribution in [0.25, 0.3) is 0 Å². The van der Waals surface area contributed by atoms with Gasteiger partial charge in [0.2, 0.25) is 11.8 Å². The van der Waals surface area contributed by atoms with Gasteiger partial charge < -0.3 is 14.8 Å². The predicted molar refractivity (Wildman–Crippen MR) is 115 cm³/mol. The van der Waals surface area contributed by atoms with E-state index >= 15 is 0 Å². The van der Waals surface area contributed by atoms with E-state index in [4.69, 9.17) is 0 Å². The van der Waals surface area contributed by atoms with Crippen molar-refractivity contribution < 1.29 is 22.8 Å². The van der Waals surface area contributed by atoms with E-state index in [1.807, 2.05) is 36.5 Å². The molecule has 172 valence electrons. The van der Waals surface area contributed by atoms with Crippen LogP contribution in [-0.2, 0) is 28.9 Å². The van der Waals surface area contributed by atoms with Crippen LogP contribution in [0.1, 0.15) is 41.4 Å². The van der Waals surface area contributed by atoms with Gasteiger partial charge in [0.1, 0.15) is 6.04 Å². The highest BCUT2D eigenvalue weighted by molar-refractivity contribution is 5.84. The maximum absolute atomic E-state index is 13.0. The quantitative estimate of drug-likeness (QED) is 0.611. The van der Waals surface area contributed by atoms with Crippen LogP contribution in [-0.4, -0.2) is 32.8 Å². The monoisotopic (exact) mass is 456 g/mol. The summed E-state index contributed by atoms with van der Waals surface area (Å²) in [5.41, 5.74) is 1.29. The van der Waals surface area contributed by atoms with Crippen LogP contribution in [0.4, 0.5) is 13.2 Å². The molecule has 1 atom stereocenters. The molecule has 1 aliphatic rings. The molecule has 0 aliphatic carbocycles. The molecular formula is C24H23F3N4O2. The normalized spacial score (nSPS) is 15.7. The zero-order valence-electron chi connectivity index (χ0n) is 17.8. The van der Waals surface area contributed by atoms with Crippen molar-refractivity contribution in [3.05, 3.63) is 89.5 Å². The molecule has 0 spiro atoms. The van der Waals surface area contributed by atoms with Gasteiger partial charge in [-0.15, -0.1) is 0 Å². The number of fused-ring (bicyclic) bond motifs is 1. The first-order valence-corrected chi connectivity index (χ1v) is 10.6. The minimum atomic E-state index is -4.44. The number of alkyl halides is 3. The lowest BCUT2D eigenvalue weighted by Gasteiger charge is -2.36. The summed E-state index contributed by atoms with van der Waals surface area (Å²) in [6.07, 6.45) is -0.844. The molecule has 2 amide bonds. The number of pyridine rings is 1. The molecule has 0 saturated heterocycles. The second-order valence-electron chi connectivity index (χ2n) is 7.85. The zero-order valence-corrected chi connectivity index (χ0v) is 17.8. The largest absolute Gasteiger partial charge is 0.416 e. The third-order valence-corrected chi connectivity index (χ3v) is 5.64. The Morgan fingerprint density at radius 1 is 1.03 bits per heavy atom. The average Bonchev–Trinajstić information content (AvgIpc) is 3.29. The van der Waals surface area contributed by atoms with Crippen LogP contribution in [0, 0.1) is 0 Å². The lowest BCUT2D eigenvalue weighted by Crippen LogP contribution is -2.43. The molecule has 33 heavy (non-hydrogen) atoms. The molecule has 1 aromatic carbocycles. The number of aromatic nitrogens is 2. The topological polar surface area (TPSA) is 67.2 Å². The van der Waals surface area contributed by atoms with Gasteiger partial charge in [0.25, 0.3) is 0 Å². The van der Waals surface area contributed by atoms with Crippen molar-refractivity contribution in [2.75, 3.05) is 6.54 Å². The third-order valence-electron chi connectivity index (χ3n) is 5.64. The van der Waals surface area contributed by atoms with Gasteiger partial charge in [-0.25, -0.2) is 0 Å². The summed E-state index contributed by atoms with van der Waals surface area (Å²) >= 11 is 0. The van der Waals surface area contributed by atoms with Gasteiger partial charge in [0, 0.05) is 50.6 Å². The van der Waals surface area contributed by atoms with E-state index in [-0.39, 0.29) is 31.3 Å². The number of carbonyl (C=O) groups excluding carboxylic acids is 2. The fourth-order valence-electron chi connectivity index (χ4n) is 4.01. The Labute approximate surface area is 189 Å². The maximum Gasteiger partial charge on any atom is 0.416 e. The van der Waals surface area contributed by atoms with Gasteiger partial charge in [0.05, 0.1) is 11.3 Å². The minimum absolute atomic E-state index is 0.00152. The molecule has 0 saturated carbocycles. The molecule has 3 heterocycles. The Hall–Kier alpha value is -3.62. The first kappa shape index (κ1) is 22.6. The number of halogens is 3. The van der Waals surface area contributed by atoms with Crippen molar-refractivity contribution in [2.24, 2.45) is 0 Å². The molecule has 6 nitrogen and oxygen atoms in total. The van der Waals surface area contributed by atoms with E-state index in [0.717, 1.165) is 23.5 Å². The highest BCUT2D eigenvalue weighted by Crippen LogP contribution is 2.32. The lowest BCUT2D eigenvalue weighted by molar-refractivity contribution is -0.137. The van der Waals surface area contributed by atoms with Crippen molar-refractivity contribution in [2.45, 2.75) is 38.1 Å². The fraction of sp³-hybridized carbons (Fsp3) is 0.292. The molecule has 9 heteroatoms.